The molecule has 2 atom stereocenters. The minimum absolute atomic E-state index is 0.275. The molecule has 17 heavy (non-hydrogen) atoms. The minimum atomic E-state index is -0.594. The molecule has 0 saturated carbocycles. The first-order valence-corrected chi connectivity index (χ1v) is 6.19. The highest BCUT2D eigenvalue weighted by molar-refractivity contribution is 5.27. The van der Waals surface area contributed by atoms with Crippen LogP contribution in [-0.2, 0) is 6.42 Å². The van der Waals surface area contributed by atoms with E-state index in [1.807, 2.05) is 12.1 Å². The summed E-state index contributed by atoms with van der Waals surface area (Å²) in [7, 11) is 2.10. The third-order valence-electron chi connectivity index (χ3n) is 3.83. The van der Waals surface area contributed by atoms with Crippen LogP contribution >= 0.6 is 0 Å². The quantitative estimate of drug-likeness (QED) is 0.821. The molecule has 0 aliphatic carbocycles. The van der Waals surface area contributed by atoms with E-state index < -0.39 is 5.60 Å². The normalized spacial score (nSPS) is 30.4. The zero-order valence-electron chi connectivity index (χ0n) is 10.6. The number of aliphatic hydroxyl groups is 1. The summed E-state index contributed by atoms with van der Waals surface area (Å²) >= 11 is 0. The largest absolute Gasteiger partial charge is 0.508 e. The molecule has 0 aromatic heterocycles. The number of phenolic OH excluding ortho intramolecular Hbond substituents is 1. The van der Waals surface area contributed by atoms with E-state index in [1.165, 1.54) is 0 Å². The summed E-state index contributed by atoms with van der Waals surface area (Å²) in [5.74, 6) is 0.275. The zero-order chi connectivity index (χ0) is 12.5. The molecule has 1 aliphatic heterocycles. The predicted octanol–water partition coefficient (Wildman–Crippen LogP) is 1.78. The molecule has 0 spiro atoms. The van der Waals surface area contributed by atoms with E-state index in [4.69, 9.17) is 0 Å². The first-order valence-electron chi connectivity index (χ1n) is 6.19. The average Bonchev–Trinajstić information content (AvgIpc) is 2.28. The van der Waals surface area contributed by atoms with Crippen LogP contribution in [0.5, 0.6) is 5.75 Å². The molecule has 1 aliphatic rings. The SMILES string of the molecule is CC1CC(O)(Cc2ccc(O)cc2)CCN1C. The van der Waals surface area contributed by atoms with Gasteiger partial charge >= 0.3 is 0 Å². The van der Waals surface area contributed by atoms with Crippen LogP contribution in [0.3, 0.4) is 0 Å². The fraction of sp³-hybridized carbons (Fsp3) is 0.571. The second-order valence-corrected chi connectivity index (χ2v) is 5.35. The maximum Gasteiger partial charge on any atom is 0.115 e. The Morgan fingerprint density at radius 3 is 2.59 bits per heavy atom. The van der Waals surface area contributed by atoms with Crippen molar-refractivity contribution >= 4 is 0 Å². The molecular weight excluding hydrogens is 214 g/mol. The summed E-state index contributed by atoms with van der Waals surface area (Å²) in [6.45, 7) is 3.09. The Hall–Kier alpha value is -1.06. The van der Waals surface area contributed by atoms with E-state index in [1.54, 1.807) is 12.1 Å². The summed E-state index contributed by atoms with van der Waals surface area (Å²) in [6.07, 6.45) is 2.30. The van der Waals surface area contributed by atoms with Crippen LogP contribution in [0.1, 0.15) is 25.3 Å². The van der Waals surface area contributed by atoms with Gasteiger partial charge in [0.2, 0.25) is 0 Å². The van der Waals surface area contributed by atoms with Gasteiger partial charge in [-0.25, -0.2) is 0 Å². The lowest BCUT2D eigenvalue weighted by atomic mass is 9.82. The third-order valence-corrected chi connectivity index (χ3v) is 3.83. The number of benzene rings is 1. The molecule has 1 aromatic carbocycles. The lowest BCUT2D eigenvalue weighted by Gasteiger charge is -2.41. The number of piperidine rings is 1. The smallest absolute Gasteiger partial charge is 0.115 e. The summed E-state index contributed by atoms with van der Waals surface area (Å²) in [5.41, 5.74) is 0.491. The van der Waals surface area contributed by atoms with E-state index in [0.717, 1.165) is 24.9 Å². The van der Waals surface area contributed by atoms with Crippen molar-refractivity contribution in [1.29, 1.82) is 0 Å². The van der Waals surface area contributed by atoms with E-state index >= 15 is 0 Å². The van der Waals surface area contributed by atoms with Gasteiger partial charge in [-0.3, -0.25) is 0 Å². The Labute approximate surface area is 103 Å². The monoisotopic (exact) mass is 235 g/mol. The number of nitrogens with zero attached hydrogens (tertiary/aromatic N) is 1. The Morgan fingerprint density at radius 1 is 1.35 bits per heavy atom. The van der Waals surface area contributed by atoms with Crippen molar-refractivity contribution in [3.8, 4) is 5.75 Å². The van der Waals surface area contributed by atoms with Crippen molar-refractivity contribution in [2.45, 2.75) is 37.8 Å². The van der Waals surface area contributed by atoms with Crippen molar-refractivity contribution in [3.05, 3.63) is 29.8 Å². The Balaban J connectivity index is 2.05. The van der Waals surface area contributed by atoms with Crippen LogP contribution in [0.2, 0.25) is 0 Å². The first kappa shape index (κ1) is 12.4. The summed E-state index contributed by atoms with van der Waals surface area (Å²) in [5, 5.41) is 19.8. The Bertz CT molecular complexity index is 376. The van der Waals surface area contributed by atoms with Gasteiger partial charge in [-0.15, -0.1) is 0 Å². The number of aromatic hydroxyl groups is 1. The van der Waals surface area contributed by atoms with Gasteiger partial charge in [-0.2, -0.15) is 0 Å². The fourth-order valence-corrected chi connectivity index (χ4v) is 2.57. The highest BCUT2D eigenvalue weighted by Crippen LogP contribution is 2.29. The van der Waals surface area contributed by atoms with Crippen LogP contribution < -0.4 is 0 Å². The summed E-state index contributed by atoms with van der Waals surface area (Å²) in [6, 6.07) is 7.55. The lowest BCUT2D eigenvalue weighted by Crippen LogP contribution is -2.48. The van der Waals surface area contributed by atoms with Crippen LogP contribution in [0.15, 0.2) is 24.3 Å². The van der Waals surface area contributed by atoms with Gasteiger partial charge < -0.3 is 15.1 Å². The topological polar surface area (TPSA) is 43.7 Å². The van der Waals surface area contributed by atoms with E-state index in [2.05, 4.69) is 18.9 Å². The molecule has 94 valence electrons. The van der Waals surface area contributed by atoms with Gasteiger partial charge in [0.05, 0.1) is 5.60 Å². The molecule has 2 rings (SSSR count). The van der Waals surface area contributed by atoms with Crippen molar-refractivity contribution in [2.24, 2.45) is 0 Å². The number of likely N-dealkylation sites (tertiary alicyclic amines) is 1. The van der Waals surface area contributed by atoms with Gasteiger partial charge in [0.15, 0.2) is 0 Å². The van der Waals surface area contributed by atoms with Crippen LogP contribution in [0.4, 0.5) is 0 Å². The summed E-state index contributed by atoms with van der Waals surface area (Å²) < 4.78 is 0. The molecule has 0 bridgehead atoms. The zero-order valence-corrected chi connectivity index (χ0v) is 10.6. The number of hydrogen-bond acceptors (Lipinski definition) is 3. The fourth-order valence-electron chi connectivity index (χ4n) is 2.57. The molecule has 1 saturated heterocycles. The van der Waals surface area contributed by atoms with Gasteiger partial charge in [0.25, 0.3) is 0 Å². The molecule has 2 N–H and O–H groups in total. The maximum absolute atomic E-state index is 10.6. The maximum atomic E-state index is 10.6. The van der Waals surface area contributed by atoms with E-state index in [0.29, 0.717) is 12.5 Å². The second-order valence-electron chi connectivity index (χ2n) is 5.35. The molecule has 1 fully saturated rings. The van der Waals surface area contributed by atoms with Crippen molar-refractivity contribution in [3.63, 3.8) is 0 Å². The highest BCUT2D eigenvalue weighted by Gasteiger charge is 2.34. The molecule has 2 unspecified atom stereocenters. The standard InChI is InChI=1S/C14H21NO2/c1-11-9-14(17,7-8-15(11)2)10-12-3-5-13(16)6-4-12/h3-6,11,16-17H,7-10H2,1-2H3. The molecule has 0 amide bonds. The van der Waals surface area contributed by atoms with E-state index in [9.17, 15) is 10.2 Å². The first-order chi connectivity index (χ1) is 7.98. The van der Waals surface area contributed by atoms with Crippen LogP contribution in [0, 0.1) is 0 Å². The van der Waals surface area contributed by atoms with E-state index in [-0.39, 0.29) is 5.75 Å². The molecular formula is C14H21NO2. The highest BCUT2D eigenvalue weighted by atomic mass is 16.3. The van der Waals surface area contributed by atoms with Crippen molar-refractivity contribution < 1.29 is 10.2 Å². The Morgan fingerprint density at radius 2 is 2.00 bits per heavy atom. The van der Waals surface area contributed by atoms with Crippen LogP contribution in [0.25, 0.3) is 0 Å². The van der Waals surface area contributed by atoms with Gasteiger partial charge in [0, 0.05) is 19.0 Å². The number of phenols is 1. The molecule has 0 radical (unpaired) electrons. The molecule has 1 aromatic rings. The van der Waals surface area contributed by atoms with Crippen molar-refractivity contribution in [1.82, 2.24) is 4.90 Å². The average molecular weight is 235 g/mol. The van der Waals surface area contributed by atoms with Gasteiger partial charge in [-0.1, -0.05) is 12.1 Å². The second kappa shape index (κ2) is 4.67. The van der Waals surface area contributed by atoms with Gasteiger partial charge in [-0.05, 0) is 44.5 Å². The number of rotatable bonds is 2. The van der Waals surface area contributed by atoms with Crippen molar-refractivity contribution in [2.75, 3.05) is 13.6 Å². The third kappa shape index (κ3) is 2.99. The molecule has 3 heteroatoms. The molecule has 3 nitrogen and oxygen atoms in total. The number of hydrogen-bond donors (Lipinski definition) is 2. The Kier molecular flexibility index (Phi) is 3.40. The van der Waals surface area contributed by atoms with Crippen LogP contribution in [-0.4, -0.2) is 40.3 Å². The predicted molar refractivity (Wildman–Crippen MR) is 68.1 cm³/mol. The lowest BCUT2D eigenvalue weighted by molar-refractivity contribution is -0.0353. The minimum Gasteiger partial charge on any atom is -0.508 e. The van der Waals surface area contributed by atoms with Gasteiger partial charge in [0.1, 0.15) is 5.75 Å². The molecule has 1 heterocycles. The summed E-state index contributed by atoms with van der Waals surface area (Å²) in [4.78, 5) is 2.28.